The summed E-state index contributed by atoms with van der Waals surface area (Å²) in [6.45, 7) is 0.581. The van der Waals surface area contributed by atoms with E-state index in [0.717, 1.165) is 0 Å². The lowest BCUT2D eigenvalue weighted by molar-refractivity contribution is -0.0837. The number of hydrogen-bond donors (Lipinski definition) is 3. The minimum absolute atomic E-state index is 0.0259. The molecule has 1 fully saturated rings. The van der Waals surface area contributed by atoms with Crippen LogP contribution in [0.25, 0.3) is 0 Å². The molecule has 0 aliphatic carbocycles. The van der Waals surface area contributed by atoms with Gasteiger partial charge in [-0.1, -0.05) is 11.8 Å². The van der Waals surface area contributed by atoms with Gasteiger partial charge in [0.05, 0.1) is 19.3 Å². The van der Waals surface area contributed by atoms with Crippen LogP contribution in [0.15, 0.2) is 23.2 Å². The summed E-state index contributed by atoms with van der Waals surface area (Å²) in [6, 6.07) is 4.35. The fraction of sp³-hybridized carbons (Fsp3) is 0.500. The Balaban J connectivity index is 2.04. The lowest BCUT2D eigenvalue weighted by Gasteiger charge is -2.46. The van der Waals surface area contributed by atoms with Crippen LogP contribution in [0.5, 0.6) is 0 Å². The molecule has 3 atom stereocenters. The minimum Gasteiger partial charge on any atom is -0.465 e. The Labute approximate surface area is 148 Å². The number of amides is 1. The van der Waals surface area contributed by atoms with Crippen molar-refractivity contribution in [3.63, 3.8) is 0 Å². The number of benzene rings is 1. The number of fused-ring (bicyclic) bond motifs is 1. The van der Waals surface area contributed by atoms with Crippen molar-refractivity contribution in [3.05, 3.63) is 29.6 Å². The third-order valence-electron chi connectivity index (χ3n) is 4.51. The normalized spacial score (nSPS) is 28.8. The number of anilines is 1. The molecule has 0 spiro atoms. The van der Waals surface area contributed by atoms with Crippen molar-refractivity contribution in [1.29, 1.82) is 0 Å². The van der Waals surface area contributed by atoms with Crippen LogP contribution < -0.4 is 11.1 Å². The molecule has 0 aromatic heterocycles. The monoisotopic (exact) mass is 369 g/mol. The molecule has 3 rings (SSSR count). The standard InChI is InChI=1S/C16H20FN3O4S/c1-23-6-11-4-9-7-25-14(19-15(21)22)20-16(9,8-24-11)12-5-10(18)2-3-13(12)17/h2-3,5,9,11H,4,6-8,18H2,1H3,(H,19,20)(H,21,22). The van der Waals surface area contributed by atoms with E-state index in [4.69, 9.17) is 20.3 Å². The number of nitrogen functional groups attached to an aromatic ring is 1. The Kier molecular flexibility index (Phi) is 5.16. The molecule has 1 aromatic carbocycles. The zero-order valence-corrected chi connectivity index (χ0v) is 14.5. The smallest absolute Gasteiger partial charge is 0.410 e. The first-order valence-electron chi connectivity index (χ1n) is 7.83. The molecule has 25 heavy (non-hydrogen) atoms. The van der Waals surface area contributed by atoms with Gasteiger partial charge in [0, 0.05) is 30.0 Å². The maximum absolute atomic E-state index is 14.6. The van der Waals surface area contributed by atoms with E-state index in [-0.39, 0.29) is 23.8 Å². The zero-order chi connectivity index (χ0) is 18.0. The molecule has 1 amide bonds. The van der Waals surface area contributed by atoms with E-state index in [1.165, 1.54) is 23.9 Å². The number of nitrogens with two attached hydrogens (primary N) is 1. The highest BCUT2D eigenvalue weighted by Gasteiger charge is 2.49. The molecule has 9 heteroatoms. The topological polar surface area (TPSA) is 106 Å². The molecule has 136 valence electrons. The molecule has 0 bridgehead atoms. The number of carbonyl (C=O) groups is 1. The third kappa shape index (κ3) is 3.58. The quantitative estimate of drug-likeness (QED) is 0.704. The second-order valence-electron chi connectivity index (χ2n) is 6.14. The van der Waals surface area contributed by atoms with E-state index in [1.54, 1.807) is 13.2 Å². The van der Waals surface area contributed by atoms with Crippen LogP contribution in [0.3, 0.4) is 0 Å². The van der Waals surface area contributed by atoms with Crippen molar-refractivity contribution < 1.29 is 23.8 Å². The predicted octanol–water partition coefficient (Wildman–Crippen LogP) is 2.03. The van der Waals surface area contributed by atoms with Crippen LogP contribution in [0.4, 0.5) is 14.9 Å². The van der Waals surface area contributed by atoms with E-state index in [2.05, 4.69) is 10.3 Å². The van der Waals surface area contributed by atoms with Crippen LogP contribution in [-0.4, -0.2) is 48.5 Å². The minimum atomic E-state index is -1.21. The highest BCUT2D eigenvalue weighted by molar-refractivity contribution is 8.13. The van der Waals surface area contributed by atoms with Gasteiger partial charge in [-0.15, -0.1) is 0 Å². The number of thioether (sulfide) groups is 1. The van der Waals surface area contributed by atoms with Crippen LogP contribution >= 0.6 is 11.8 Å². The first kappa shape index (κ1) is 18.0. The molecule has 0 saturated carbocycles. The van der Waals surface area contributed by atoms with Gasteiger partial charge in [-0.25, -0.2) is 14.2 Å². The van der Waals surface area contributed by atoms with Crippen LogP contribution in [0, 0.1) is 11.7 Å². The molecule has 3 unspecified atom stereocenters. The number of nitrogens with one attached hydrogen (secondary N) is 1. The second-order valence-corrected chi connectivity index (χ2v) is 7.15. The first-order valence-corrected chi connectivity index (χ1v) is 8.82. The fourth-order valence-corrected chi connectivity index (χ4v) is 4.51. The number of nitrogens with zero attached hydrogens (tertiary/aromatic N) is 1. The van der Waals surface area contributed by atoms with Gasteiger partial charge in [0.2, 0.25) is 0 Å². The van der Waals surface area contributed by atoms with E-state index >= 15 is 0 Å². The van der Waals surface area contributed by atoms with Crippen molar-refractivity contribution in [1.82, 2.24) is 5.32 Å². The van der Waals surface area contributed by atoms with Crippen LogP contribution in [0.2, 0.25) is 0 Å². The fourth-order valence-electron chi connectivity index (χ4n) is 3.36. The summed E-state index contributed by atoms with van der Waals surface area (Å²) in [5, 5.41) is 11.5. The maximum Gasteiger partial charge on any atom is 0.410 e. The Hall–Kier alpha value is -1.84. The molecular weight excluding hydrogens is 349 g/mol. The largest absolute Gasteiger partial charge is 0.465 e. The summed E-state index contributed by atoms with van der Waals surface area (Å²) in [5.74, 6) is 0.136. The van der Waals surface area contributed by atoms with Crippen molar-refractivity contribution in [2.24, 2.45) is 10.9 Å². The molecule has 4 N–H and O–H groups in total. The summed E-state index contributed by atoms with van der Waals surface area (Å²) in [4.78, 5) is 15.5. The third-order valence-corrected chi connectivity index (χ3v) is 5.54. The first-order chi connectivity index (χ1) is 11.9. The van der Waals surface area contributed by atoms with Gasteiger partial charge in [0.25, 0.3) is 0 Å². The van der Waals surface area contributed by atoms with Crippen molar-refractivity contribution in [2.75, 3.05) is 31.8 Å². The van der Waals surface area contributed by atoms with E-state index in [9.17, 15) is 9.18 Å². The Morgan fingerprint density at radius 3 is 3.16 bits per heavy atom. The van der Waals surface area contributed by atoms with Gasteiger partial charge < -0.3 is 20.3 Å². The van der Waals surface area contributed by atoms with Gasteiger partial charge in [-0.2, -0.15) is 0 Å². The van der Waals surface area contributed by atoms with Gasteiger partial charge in [-0.3, -0.25) is 5.32 Å². The lowest BCUT2D eigenvalue weighted by Crippen LogP contribution is -2.52. The zero-order valence-electron chi connectivity index (χ0n) is 13.7. The van der Waals surface area contributed by atoms with E-state index < -0.39 is 17.4 Å². The number of amidine groups is 1. The molecule has 2 aliphatic rings. The summed E-state index contributed by atoms with van der Waals surface area (Å²) < 4.78 is 25.6. The lowest BCUT2D eigenvalue weighted by atomic mass is 9.75. The number of ether oxygens (including phenoxy) is 2. The van der Waals surface area contributed by atoms with Gasteiger partial charge in [0.1, 0.15) is 11.4 Å². The van der Waals surface area contributed by atoms with Crippen molar-refractivity contribution in [3.8, 4) is 0 Å². The average molecular weight is 369 g/mol. The highest BCUT2D eigenvalue weighted by atomic mass is 32.2. The number of aliphatic imine (C=N–C) groups is 1. The maximum atomic E-state index is 14.6. The molecule has 1 aromatic rings. The molecule has 2 heterocycles. The summed E-state index contributed by atoms with van der Waals surface area (Å²) in [5.41, 5.74) is 5.60. The van der Waals surface area contributed by atoms with E-state index in [1.807, 2.05) is 0 Å². The molecule has 2 aliphatic heterocycles. The average Bonchev–Trinajstić information content (AvgIpc) is 2.57. The number of rotatable bonds is 3. The summed E-state index contributed by atoms with van der Waals surface area (Å²) in [6.07, 6.45) is -0.669. The number of carboxylic acid groups (broad SMARTS) is 1. The SMILES string of the molecule is COCC1CC2CSC(NC(=O)O)=NC2(c2cc(N)ccc2F)CO1. The second kappa shape index (κ2) is 7.19. The number of halogens is 1. The molecule has 1 saturated heterocycles. The molecule has 0 radical (unpaired) electrons. The van der Waals surface area contributed by atoms with Crippen molar-refractivity contribution in [2.45, 2.75) is 18.1 Å². The molecule has 7 nitrogen and oxygen atoms in total. The van der Waals surface area contributed by atoms with Gasteiger partial charge >= 0.3 is 6.09 Å². The van der Waals surface area contributed by atoms with Crippen molar-refractivity contribution >= 4 is 28.7 Å². The Morgan fingerprint density at radius 2 is 2.44 bits per heavy atom. The number of methoxy groups -OCH3 is 1. The summed E-state index contributed by atoms with van der Waals surface area (Å²) >= 11 is 1.31. The Bertz CT molecular complexity index is 702. The predicted molar refractivity (Wildman–Crippen MR) is 93.3 cm³/mol. The van der Waals surface area contributed by atoms with Gasteiger partial charge in [0.15, 0.2) is 5.17 Å². The Morgan fingerprint density at radius 1 is 1.64 bits per heavy atom. The number of hydrogen-bond acceptors (Lipinski definition) is 6. The highest BCUT2D eigenvalue weighted by Crippen LogP contribution is 2.47. The van der Waals surface area contributed by atoms with Gasteiger partial charge in [-0.05, 0) is 24.6 Å². The van der Waals surface area contributed by atoms with Crippen LogP contribution in [0.1, 0.15) is 12.0 Å². The summed E-state index contributed by atoms with van der Waals surface area (Å²) in [7, 11) is 1.60. The van der Waals surface area contributed by atoms with E-state index in [0.29, 0.717) is 30.0 Å². The van der Waals surface area contributed by atoms with Crippen LogP contribution in [-0.2, 0) is 15.0 Å². The molecular formula is C16H20FN3O4S.